The molecule has 0 atom stereocenters. The zero-order valence-corrected chi connectivity index (χ0v) is 10.7. The summed E-state index contributed by atoms with van der Waals surface area (Å²) in [6, 6.07) is 14.2. The Bertz CT molecular complexity index is 706. The number of rotatable bonds is 2. The van der Waals surface area contributed by atoms with Crippen molar-refractivity contribution >= 4 is 11.3 Å². The van der Waals surface area contributed by atoms with Crippen LogP contribution in [0.3, 0.4) is 0 Å². The number of pyridine rings is 1. The van der Waals surface area contributed by atoms with Gasteiger partial charge in [-0.15, -0.1) is 11.3 Å². The van der Waals surface area contributed by atoms with E-state index in [0.29, 0.717) is 0 Å². The van der Waals surface area contributed by atoms with E-state index >= 15 is 0 Å². The summed E-state index contributed by atoms with van der Waals surface area (Å²) in [6.07, 6.45) is 1.46. The van der Waals surface area contributed by atoms with Crippen LogP contribution in [0.1, 0.15) is 0 Å². The number of phenols is 1. The molecule has 2 aromatic heterocycles. The van der Waals surface area contributed by atoms with Crippen molar-refractivity contribution in [1.29, 1.82) is 0 Å². The molecule has 3 aromatic rings. The van der Waals surface area contributed by atoms with E-state index in [2.05, 4.69) is 4.98 Å². The average Bonchev–Trinajstić information content (AvgIpc) is 2.89. The minimum atomic E-state index is -0.475. The number of aromatic nitrogens is 1. The monoisotopic (exact) mass is 271 g/mol. The van der Waals surface area contributed by atoms with E-state index in [-0.39, 0.29) is 5.75 Å². The lowest BCUT2D eigenvalue weighted by atomic mass is 10.2. The van der Waals surface area contributed by atoms with Gasteiger partial charge in [-0.3, -0.25) is 0 Å². The summed E-state index contributed by atoms with van der Waals surface area (Å²) in [4.78, 5) is 5.62. The Morgan fingerprint density at radius 2 is 1.58 bits per heavy atom. The maximum atomic E-state index is 13.1. The fourth-order valence-electron chi connectivity index (χ4n) is 1.83. The molecule has 4 heteroatoms. The van der Waals surface area contributed by atoms with Gasteiger partial charge in [0.2, 0.25) is 5.95 Å². The normalized spacial score (nSPS) is 10.6. The molecule has 0 aliphatic carbocycles. The van der Waals surface area contributed by atoms with Crippen LogP contribution < -0.4 is 0 Å². The van der Waals surface area contributed by atoms with Gasteiger partial charge < -0.3 is 5.11 Å². The largest absolute Gasteiger partial charge is 0.508 e. The van der Waals surface area contributed by atoms with Crippen LogP contribution >= 0.6 is 11.3 Å². The third-order valence-electron chi connectivity index (χ3n) is 2.77. The van der Waals surface area contributed by atoms with Crippen LogP contribution in [0.15, 0.2) is 54.7 Å². The van der Waals surface area contributed by atoms with Crippen molar-refractivity contribution in [1.82, 2.24) is 4.98 Å². The highest BCUT2D eigenvalue weighted by Crippen LogP contribution is 2.34. The van der Waals surface area contributed by atoms with Crippen LogP contribution in [-0.2, 0) is 0 Å². The quantitative estimate of drug-likeness (QED) is 0.704. The zero-order chi connectivity index (χ0) is 13.2. The summed E-state index contributed by atoms with van der Waals surface area (Å²) >= 11 is 1.58. The molecule has 2 heterocycles. The molecule has 2 nitrogen and oxygen atoms in total. The number of phenolic OH excluding ortho intramolecular Hbond substituents is 1. The third-order valence-corrected chi connectivity index (χ3v) is 3.95. The molecular weight excluding hydrogens is 261 g/mol. The molecule has 19 heavy (non-hydrogen) atoms. The highest BCUT2D eigenvalue weighted by molar-refractivity contribution is 7.18. The van der Waals surface area contributed by atoms with Crippen molar-refractivity contribution in [2.75, 3.05) is 0 Å². The standard InChI is InChI=1S/C15H10FNOS/c16-15-9-11(7-8-17-15)14-6-5-13(19-14)10-1-3-12(18)4-2-10/h1-9,18H. The maximum absolute atomic E-state index is 13.1. The Kier molecular flexibility index (Phi) is 3.01. The van der Waals surface area contributed by atoms with Crippen LogP contribution in [0.4, 0.5) is 4.39 Å². The van der Waals surface area contributed by atoms with Crippen LogP contribution in [0, 0.1) is 5.95 Å². The second-order valence-corrected chi connectivity index (χ2v) is 5.16. The summed E-state index contributed by atoms with van der Waals surface area (Å²) in [5.41, 5.74) is 1.85. The van der Waals surface area contributed by atoms with Gasteiger partial charge in [-0.05, 0) is 53.6 Å². The van der Waals surface area contributed by atoms with E-state index in [1.165, 1.54) is 12.3 Å². The van der Waals surface area contributed by atoms with Crippen LogP contribution in [0.25, 0.3) is 20.9 Å². The number of halogens is 1. The van der Waals surface area contributed by atoms with Gasteiger partial charge in [0, 0.05) is 22.0 Å². The molecule has 1 N–H and O–H groups in total. The topological polar surface area (TPSA) is 33.1 Å². The van der Waals surface area contributed by atoms with Gasteiger partial charge in [-0.2, -0.15) is 4.39 Å². The van der Waals surface area contributed by atoms with E-state index in [9.17, 15) is 9.50 Å². The van der Waals surface area contributed by atoms with Gasteiger partial charge >= 0.3 is 0 Å². The summed E-state index contributed by atoms with van der Waals surface area (Å²) in [5, 5.41) is 9.27. The Hall–Kier alpha value is -2.20. The summed E-state index contributed by atoms with van der Waals surface area (Å²) in [7, 11) is 0. The van der Waals surface area contributed by atoms with Crippen molar-refractivity contribution in [2.45, 2.75) is 0 Å². The molecule has 0 bridgehead atoms. The van der Waals surface area contributed by atoms with E-state index in [1.807, 2.05) is 24.3 Å². The highest BCUT2D eigenvalue weighted by Gasteiger charge is 2.06. The minimum absolute atomic E-state index is 0.247. The van der Waals surface area contributed by atoms with Crippen LogP contribution in [0.2, 0.25) is 0 Å². The summed E-state index contributed by atoms with van der Waals surface area (Å²) < 4.78 is 13.1. The molecule has 0 radical (unpaired) electrons. The predicted molar refractivity (Wildman–Crippen MR) is 74.6 cm³/mol. The zero-order valence-electron chi connectivity index (χ0n) is 9.88. The summed E-state index contributed by atoms with van der Waals surface area (Å²) in [6.45, 7) is 0. The first-order valence-corrected chi connectivity index (χ1v) is 6.55. The first kappa shape index (κ1) is 11.9. The number of hydrogen-bond acceptors (Lipinski definition) is 3. The maximum Gasteiger partial charge on any atom is 0.213 e. The van der Waals surface area contributed by atoms with Crippen molar-refractivity contribution in [3.8, 4) is 26.6 Å². The first-order valence-electron chi connectivity index (χ1n) is 5.73. The molecule has 1 aromatic carbocycles. The molecular formula is C15H10FNOS. The Balaban J connectivity index is 1.97. The second-order valence-electron chi connectivity index (χ2n) is 4.08. The van der Waals surface area contributed by atoms with Gasteiger partial charge in [0.25, 0.3) is 0 Å². The van der Waals surface area contributed by atoms with E-state index in [0.717, 1.165) is 20.9 Å². The van der Waals surface area contributed by atoms with Crippen LogP contribution in [0.5, 0.6) is 5.75 Å². The molecule has 0 aliphatic heterocycles. The van der Waals surface area contributed by atoms with Gasteiger partial charge in [0.05, 0.1) is 0 Å². The lowest BCUT2D eigenvalue weighted by molar-refractivity contribution is 0.475. The molecule has 0 unspecified atom stereocenters. The molecule has 0 aliphatic rings. The third kappa shape index (κ3) is 2.48. The average molecular weight is 271 g/mol. The van der Waals surface area contributed by atoms with Gasteiger partial charge in [0.15, 0.2) is 0 Å². The van der Waals surface area contributed by atoms with Crippen molar-refractivity contribution in [3.05, 3.63) is 60.7 Å². The van der Waals surface area contributed by atoms with E-state index in [1.54, 1.807) is 29.5 Å². The van der Waals surface area contributed by atoms with Crippen molar-refractivity contribution in [3.63, 3.8) is 0 Å². The van der Waals surface area contributed by atoms with Crippen LogP contribution in [-0.4, -0.2) is 10.1 Å². The molecule has 0 saturated carbocycles. The SMILES string of the molecule is Oc1ccc(-c2ccc(-c3ccnc(F)c3)s2)cc1. The van der Waals surface area contributed by atoms with E-state index in [4.69, 9.17) is 0 Å². The molecule has 0 fully saturated rings. The lowest BCUT2D eigenvalue weighted by Crippen LogP contribution is -1.80. The molecule has 0 spiro atoms. The van der Waals surface area contributed by atoms with Crippen molar-refractivity contribution in [2.24, 2.45) is 0 Å². The number of aromatic hydroxyl groups is 1. The minimum Gasteiger partial charge on any atom is -0.508 e. The fourth-order valence-corrected chi connectivity index (χ4v) is 2.84. The Morgan fingerprint density at radius 3 is 2.26 bits per heavy atom. The number of nitrogens with zero attached hydrogens (tertiary/aromatic N) is 1. The number of thiophene rings is 1. The summed E-state index contributed by atoms with van der Waals surface area (Å²) in [5.74, 6) is -0.228. The van der Waals surface area contributed by atoms with Gasteiger partial charge in [0.1, 0.15) is 5.75 Å². The van der Waals surface area contributed by atoms with Crippen molar-refractivity contribution < 1.29 is 9.50 Å². The van der Waals surface area contributed by atoms with Gasteiger partial charge in [-0.1, -0.05) is 0 Å². The lowest BCUT2D eigenvalue weighted by Gasteiger charge is -1.98. The molecule has 94 valence electrons. The smallest absolute Gasteiger partial charge is 0.213 e. The number of hydrogen-bond donors (Lipinski definition) is 1. The highest BCUT2D eigenvalue weighted by atomic mass is 32.1. The predicted octanol–water partition coefficient (Wildman–Crippen LogP) is 4.32. The Morgan fingerprint density at radius 1 is 0.895 bits per heavy atom. The Labute approximate surface area is 113 Å². The van der Waals surface area contributed by atoms with E-state index < -0.39 is 5.95 Å². The molecule has 0 saturated heterocycles. The fraction of sp³-hybridized carbons (Fsp3) is 0. The second kappa shape index (κ2) is 4.82. The molecule has 3 rings (SSSR count). The molecule has 0 amide bonds. The number of benzene rings is 1. The van der Waals surface area contributed by atoms with Gasteiger partial charge in [-0.25, -0.2) is 4.98 Å². The first-order chi connectivity index (χ1) is 9.22.